The zero-order valence-corrected chi connectivity index (χ0v) is 12.1. The van der Waals surface area contributed by atoms with E-state index in [0.29, 0.717) is 0 Å². The van der Waals surface area contributed by atoms with Crippen molar-refractivity contribution in [2.75, 3.05) is 0 Å². The molecule has 2 aliphatic rings. The predicted molar refractivity (Wildman–Crippen MR) is 79.8 cm³/mol. The number of hydrogen-bond donors (Lipinski definition) is 2. The van der Waals surface area contributed by atoms with Gasteiger partial charge in [0.2, 0.25) is 0 Å². The normalized spacial score (nSPS) is 30.4. The van der Waals surface area contributed by atoms with Gasteiger partial charge in [-0.3, -0.25) is 0 Å². The van der Waals surface area contributed by atoms with E-state index >= 15 is 0 Å². The highest BCUT2D eigenvalue weighted by atomic mass is 16.5. The highest BCUT2D eigenvalue weighted by Gasteiger charge is 2.26. The molecule has 20 heavy (non-hydrogen) atoms. The van der Waals surface area contributed by atoms with Gasteiger partial charge in [-0.25, -0.2) is 0 Å². The second-order valence-electron chi connectivity index (χ2n) is 6.18. The number of aliphatic hydroxyl groups excluding tert-OH is 1. The molecule has 110 valence electrons. The van der Waals surface area contributed by atoms with Gasteiger partial charge in [0.25, 0.3) is 0 Å². The quantitative estimate of drug-likeness (QED) is 0.815. The summed E-state index contributed by atoms with van der Waals surface area (Å²) in [4.78, 5) is 0. The van der Waals surface area contributed by atoms with Gasteiger partial charge in [0.05, 0.1) is 6.10 Å². The Morgan fingerprint density at radius 2 is 1.90 bits per heavy atom. The smallest absolute Gasteiger partial charge is 0.124 e. The molecule has 3 unspecified atom stereocenters. The summed E-state index contributed by atoms with van der Waals surface area (Å²) in [5.74, 6) is 0.948. The molecule has 1 saturated carbocycles. The van der Waals surface area contributed by atoms with Crippen molar-refractivity contribution in [3.63, 3.8) is 0 Å². The fraction of sp³-hybridized carbons (Fsp3) is 0.647. The predicted octanol–water partition coefficient (Wildman–Crippen LogP) is 3.10. The Morgan fingerprint density at radius 1 is 1.05 bits per heavy atom. The highest BCUT2D eigenvalue weighted by Crippen LogP contribution is 2.35. The van der Waals surface area contributed by atoms with E-state index in [9.17, 15) is 5.11 Å². The van der Waals surface area contributed by atoms with E-state index in [1.54, 1.807) is 0 Å². The minimum absolute atomic E-state index is 0.0536. The van der Waals surface area contributed by atoms with Crippen LogP contribution >= 0.6 is 0 Å². The average molecular weight is 275 g/mol. The molecule has 3 nitrogen and oxygen atoms in total. The van der Waals surface area contributed by atoms with Crippen molar-refractivity contribution in [3.8, 4) is 5.75 Å². The number of aliphatic hydroxyl groups is 1. The average Bonchev–Trinajstić information content (AvgIpc) is 2.65. The summed E-state index contributed by atoms with van der Waals surface area (Å²) >= 11 is 0. The van der Waals surface area contributed by atoms with Gasteiger partial charge in [-0.15, -0.1) is 0 Å². The van der Waals surface area contributed by atoms with Crippen LogP contribution in [0.4, 0.5) is 0 Å². The fourth-order valence-electron chi connectivity index (χ4n) is 3.52. The molecule has 3 heteroatoms. The summed E-state index contributed by atoms with van der Waals surface area (Å²) in [7, 11) is 0. The number of fused-ring (bicyclic) bond motifs is 1. The number of benzene rings is 1. The van der Waals surface area contributed by atoms with E-state index < -0.39 is 0 Å². The second kappa shape index (κ2) is 6.15. The third-order valence-corrected chi connectivity index (χ3v) is 4.71. The van der Waals surface area contributed by atoms with Crippen molar-refractivity contribution in [3.05, 3.63) is 29.3 Å². The summed E-state index contributed by atoms with van der Waals surface area (Å²) in [5.41, 5.74) is 8.70. The van der Waals surface area contributed by atoms with Gasteiger partial charge in [-0.05, 0) is 55.7 Å². The van der Waals surface area contributed by atoms with Crippen molar-refractivity contribution in [1.82, 2.24) is 0 Å². The Kier molecular flexibility index (Phi) is 4.27. The van der Waals surface area contributed by atoms with Crippen LogP contribution in [0.1, 0.15) is 62.1 Å². The van der Waals surface area contributed by atoms with Crippen molar-refractivity contribution in [2.24, 2.45) is 5.73 Å². The molecule has 3 atom stereocenters. The summed E-state index contributed by atoms with van der Waals surface area (Å²) < 4.78 is 6.19. The molecular formula is C17H25NO2. The molecular weight excluding hydrogens is 250 g/mol. The van der Waals surface area contributed by atoms with E-state index in [1.807, 2.05) is 12.1 Å². The minimum Gasteiger partial charge on any atom is -0.487 e. The largest absolute Gasteiger partial charge is 0.487 e. The molecule has 0 heterocycles. The van der Waals surface area contributed by atoms with E-state index in [0.717, 1.165) is 50.7 Å². The molecule has 3 N–H and O–H groups in total. The third-order valence-electron chi connectivity index (χ3n) is 4.71. The first kappa shape index (κ1) is 13.9. The summed E-state index contributed by atoms with van der Waals surface area (Å²) in [5, 5.41) is 10.2. The van der Waals surface area contributed by atoms with Gasteiger partial charge >= 0.3 is 0 Å². The SMILES string of the molecule is NC1CCCc2c(OC3CCCCCC3O)cccc21. The van der Waals surface area contributed by atoms with Gasteiger partial charge in [-0.1, -0.05) is 25.0 Å². The van der Waals surface area contributed by atoms with Crippen LogP contribution in [0.25, 0.3) is 0 Å². The molecule has 0 bridgehead atoms. The Balaban J connectivity index is 1.81. The van der Waals surface area contributed by atoms with Crippen LogP contribution in [-0.4, -0.2) is 17.3 Å². The summed E-state index contributed by atoms with van der Waals surface area (Å²) in [6, 6.07) is 6.33. The maximum atomic E-state index is 10.2. The lowest BCUT2D eigenvalue weighted by Gasteiger charge is -2.28. The Bertz CT molecular complexity index is 460. The molecule has 2 aliphatic carbocycles. The zero-order chi connectivity index (χ0) is 13.9. The van der Waals surface area contributed by atoms with Gasteiger partial charge in [0.15, 0.2) is 0 Å². The zero-order valence-electron chi connectivity index (χ0n) is 12.1. The van der Waals surface area contributed by atoms with Crippen LogP contribution in [0, 0.1) is 0 Å². The Hall–Kier alpha value is -1.06. The topological polar surface area (TPSA) is 55.5 Å². The number of hydrogen-bond acceptors (Lipinski definition) is 3. The maximum absolute atomic E-state index is 10.2. The molecule has 0 radical (unpaired) electrons. The van der Waals surface area contributed by atoms with Gasteiger partial charge < -0.3 is 15.6 Å². The van der Waals surface area contributed by atoms with Gasteiger partial charge in [0, 0.05) is 6.04 Å². The fourth-order valence-corrected chi connectivity index (χ4v) is 3.52. The summed E-state index contributed by atoms with van der Waals surface area (Å²) in [6.45, 7) is 0. The van der Waals surface area contributed by atoms with Crippen molar-refractivity contribution >= 4 is 0 Å². The number of ether oxygens (including phenoxy) is 1. The van der Waals surface area contributed by atoms with Gasteiger partial charge in [0.1, 0.15) is 11.9 Å². The van der Waals surface area contributed by atoms with Crippen LogP contribution in [0.5, 0.6) is 5.75 Å². The molecule has 0 amide bonds. The third kappa shape index (κ3) is 2.84. The Labute approximate surface area is 121 Å². The first-order valence-corrected chi connectivity index (χ1v) is 7.98. The maximum Gasteiger partial charge on any atom is 0.124 e. The minimum atomic E-state index is -0.328. The molecule has 0 aromatic heterocycles. The molecule has 3 rings (SSSR count). The lowest BCUT2D eigenvalue weighted by Crippen LogP contribution is -2.31. The van der Waals surface area contributed by atoms with Crippen molar-refractivity contribution in [2.45, 2.75) is 69.6 Å². The molecule has 1 aromatic rings. The van der Waals surface area contributed by atoms with Crippen LogP contribution in [0.3, 0.4) is 0 Å². The van der Waals surface area contributed by atoms with Crippen molar-refractivity contribution < 1.29 is 9.84 Å². The molecule has 0 aliphatic heterocycles. The lowest BCUT2D eigenvalue weighted by molar-refractivity contribution is 0.0313. The van der Waals surface area contributed by atoms with Crippen LogP contribution in [0.15, 0.2) is 18.2 Å². The number of nitrogens with two attached hydrogens (primary N) is 1. The Morgan fingerprint density at radius 3 is 2.80 bits per heavy atom. The van der Waals surface area contributed by atoms with E-state index in [-0.39, 0.29) is 18.2 Å². The molecule has 1 aromatic carbocycles. The molecule has 0 saturated heterocycles. The van der Waals surface area contributed by atoms with E-state index in [2.05, 4.69) is 6.07 Å². The van der Waals surface area contributed by atoms with E-state index in [1.165, 1.54) is 17.5 Å². The van der Waals surface area contributed by atoms with Crippen LogP contribution < -0.4 is 10.5 Å². The molecule has 0 spiro atoms. The monoisotopic (exact) mass is 275 g/mol. The second-order valence-corrected chi connectivity index (χ2v) is 6.18. The first-order valence-electron chi connectivity index (χ1n) is 7.98. The van der Waals surface area contributed by atoms with E-state index in [4.69, 9.17) is 10.5 Å². The highest BCUT2D eigenvalue weighted by molar-refractivity contribution is 5.43. The summed E-state index contributed by atoms with van der Waals surface area (Å²) in [6.07, 6.45) is 8.12. The van der Waals surface area contributed by atoms with Crippen molar-refractivity contribution in [1.29, 1.82) is 0 Å². The molecule has 1 fully saturated rings. The van der Waals surface area contributed by atoms with Crippen LogP contribution in [-0.2, 0) is 6.42 Å². The number of rotatable bonds is 2. The first-order chi connectivity index (χ1) is 9.75. The standard InChI is InChI=1S/C17H25NO2/c18-14-8-4-7-13-12(14)6-5-11-16(13)20-17-10-3-1-2-9-15(17)19/h5-6,11,14-15,17,19H,1-4,7-10,18H2. The lowest BCUT2D eigenvalue weighted by atomic mass is 9.87. The van der Waals surface area contributed by atoms with Gasteiger partial charge in [-0.2, -0.15) is 0 Å². The van der Waals surface area contributed by atoms with Crippen LogP contribution in [0.2, 0.25) is 0 Å².